The molecule has 1 rings (SSSR count). The first-order valence-corrected chi connectivity index (χ1v) is 4.22. The van der Waals surface area contributed by atoms with E-state index in [4.69, 9.17) is 17.3 Å². The Hall–Kier alpha value is -1.23. The maximum Gasteiger partial charge on any atom is 0.265 e. The van der Waals surface area contributed by atoms with Crippen molar-refractivity contribution < 1.29 is 13.6 Å². The third kappa shape index (κ3) is 1.98. The summed E-state index contributed by atoms with van der Waals surface area (Å²) in [6, 6.07) is 0.961. The minimum absolute atomic E-state index is 0.0925. The summed E-state index contributed by atoms with van der Waals surface area (Å²) >= 11 is 5.43. The average Bonchev–Trinajstić information content (AvgIpc) is 2.17. The Morgan fingerprint density at radius 1 is 1.64 bits per heavy atom. The van der Waals surface area contributed by atoms with Gasteiger partial charge in [-0.1, -0.05) is 0 Å². The minimum Gasteiger partial charge on any atom is -0.397 e. The summed E-state index contributed by atoms with van der Waals surface area (Å²) in [5.41, 5.74) is 4.83. The van der Waals surface area contributed by atoms with Crippen LogP contribution < -0.4 is 5.73 Å². The zero-order valence-electron chi connectivity index (χ0n) is 7.01. The summed E-state index contributed by atoms with van der Waals surface area (Å²) < 4.78 is 24.8. The highest BCUT2D eigenvalue weighted by atomic mass is 35.5. The van der Waals surface area contributed by atoms with Gasteiger partial charge >= 0.3 is 0 Å². The molecule has 2 N–H and O–H groups in total. The lowest BCUT2D eigenvalue weighted by Gasteiger charge is -2.08. The largest absolute Gasteiger partial charge is 0.397 e. The van der Waals surface area contributed by atoms with Crippen LogP contribution in [0.2, 0.25) is 0 Å². The first kappa shape index (κ1) is 10.8. The maximum atomic E-state index is 12.4. The SMILES string of the molecule is Nc1c(C(F)F)cc(C=O)nc1CCl. The molecule has 3 nitrogen and oxygen atoms in total. The molecule has 1 aromatic heterocycles. The van der Waals surface area contributed by atoms with E-state index >= 15 is 0 Å². The van der Waals surface area contributed by atoms with Gasteiger partial charge in [-0.2, -0.15) is 0 Å². The van der Waals surface area contributed by atoms with E-state index in [1.54, 1.807) is 0 Å². The number of aldehydes is 1. The molecule has 0 bridgehead atoms. The predicted molar refractivity (Wildman–Crippen MR) is 48.6 cm³/mol. The van der Waals surface area contributed by atoms with E-state index in [2.05, 4.69) is 4.98 Å². The van der Waals surface area contributed by atoms with Crippen molar-refractivity contribution in [3.05, 3.63) is 23.0 Å². The van der Waals surface area contributed by atoms with Crippen LogP contribution in [0.5, 0.6) is 0 Å². The topological polar surface area (TPSA) is 56.0 Å². The van der Waals surface area contributed by atoms with Gasteiger partial charge in [0.1, 0.15) is 5.69 Å². The molecule has 1 aromatic rings. The number of pyridine rings is 1. The molecule has 14 heavy (non-hydrogen) atoms. The predicted octanol–water partition coefficient (Wildman–Crippen LogP) is 2.15. The molecule has 0 unspecified atom stereocenters. The zero-order chi connectivity index (χ0) is 10.7. The number of nitrogens with zero attached hydrogens (tertiary/aromatic N) is 1. The van der Waals surface area contributed by atoms with Crippen molar-refractivity contribution in [2.45, 2.75) is 12.3 Å². The summed E-state index contributed by atoms with van der Waals surface area (Å²) in [5, 5.41) is 0. The van der Waals surface area contributed by atoms with E-state index in [9.17, 15) is 13.6 Å². The third-order valence-corrected chi connectivity index (χ3v) is 1.92. The fourth-order valence-corrected chi connectivity index (χ4v) is 1.20. The van der Waals surface area contributed by atoms with Crippen LogP contribution in [0.1, 0.15) is 28.2 Å². The van der Waals surface area contributed by atoms with E-state index in [1.165, 1.54) is 0 Å². The molecule has 0 fully saturated rings. The van der Waals surface area contributed by atoms with E-state index in [0.29, 0.717) is 6.29 Å². The van der Waals surface area contributed by atoms with Crippen LogP contribution >= 0.6 is 11.6 Å². The minimum atomic E-state index is -2.74. The highest BCUT2D eigenvalue weighted by Gasteiger charge is 2.16. The number of anilines is 1. The van der Waals surface area contributed by atoms with Crippen molar-refractivity contribution in [3.8, 4) is 0 Å². The van der Waals surface area contributed by atoms with Crippen molar-refractivity contribution >= 4 is 23.6 Å². The Labute approximate surface area is 83.9 Å². The Kier molecular flexibility index (Phi) is 3.35. The van der Waals surface area contributed by atoms with Crippen LogP contribution in [-0.2, 0) is 5.88 Å². The highest BCUT2D eigenvalue weighted by molar-refractivity contribution is 6.17. The Bertz CT molecular complexity index is 357. The van der Waals surface area contributed by atoms with Gasteiger partial charge in [0.05, 0.1) is 17.3 Å². The number of carbonyl (C=O) groups excluding carboxylic acids is 1. The van der Waals surface area contributed by atoms with Gasteiger partial charge in [0, 0.05) is 5.56 Å². The molecule has 0 aliphatic rings. The Balaban J connectivity index is 3.34. The number of nitrogen functional groups attached to an aromatic ring is 1. The molecule has 0 aromatic carbocycles. The molecule has 0 radical (unpaired) electrons. The van der Waals surface area contributed by atoms with E-state index < -0.39 is 12.0 Å². The second-order valence-electron chi connectivity index (χ2n) is 2.55. The van der Waals surface area contributed by atoms with Crippen molar-refractivity contribution in [1.29, 1.82) is 0 Å². The number of nitrogens with two attached hydrogens (primary N) is 1. The van der Waals surface area contributed by atoms with Crippen LogP contribution in [0, 0.1) is 0 Å². The first-order chi connectivity index (χ1) is 6.60. The molecule has 0 atom stereocenters. The normalized spacial score (nSPS) is 10.6. The number of hydrogen-bond donors (Lipinski definition) is 1. The lowest BCUT2D eigenvalue weighted by Crippen LogP contribution is -2.04. The van der Waals surface area contributed by atoms with Crippen LogP contribution in [0.15, 0.2) is 6.07 Å². The van der Waals surface area contributed by atoms with Crippen molar-refractivity contribution in [2.75, 3.05) is 5.73 Å². The van der Waals surface area contributed by atoms with Gasteiger partial charge in [-0.25, -0.2) is 13.8 Å². The molecule has 0 aliphatic carbocycles. The summed E-state index contributed by atoms with van der Waals surface area (Å²) in [6.07, 6.45) is -2.36. The highest BCUT2D eigenvalue weighted by Crippen LogP contribution is 2.27. The molecule has 0 saturated heterocycles. The van der Waals surface area contributed by atoms with Gasteiger partial charge < -0.3 is 5.73 Å². The quantitative estimate of drug-likeness (QED) is 0.627. The smallest absolute Gasteiger partial charge is 0.265 e. The van der Waals surface area contributed by atoms with Crippen molar-refractivity contribution in [1.82, 2.24) is 4.98 Å². The van der Waals surface area contributed by atoms with Crippen LogP contribution in [-0.4, -0.2) is 11.3 Å². The molecule has 6 heteroatoms. The molecule has 0 aliphatic heterocycles. The second-order valence-corrected chi connectivity index (χ2v) is 2.82. The Morgan fingerprint density at radius 3 is 2.71 bits per heavy atom. The van der Waals surface area contributed by atoms with Gasteiger partial charge in [0.2, 0.25) is 0 Å². The average molecular weight is 221 g/mol. The van der Waals surface area contributed by atoms with E-state index in [0.717, 1.165) is 6.07 Å². The standard InChI is InChI=1S/C8H7ClF2N2O/c9-2-6-7(12)5(8(10)11)1-4(3-14)13-6/h1,3,8H,2,12H2. The maximum absolute atomic E-state index is 12.4. The first-order valence-electron chi connectivity index (χ1n) is 3.68. The number of carbonyl (C=O) groups is 1. The van der Waals surface area contributed by atoms with E-state index in [1.807, 2.05) is 0 Å². The van der Waals surface area contributed by atoms with Gasteiger partial charge in [-0.05, 0) is 6.07 Å². The lowest BCUT2D eigenvalue weighted by atomic mass is 10.1. The number of rotatable bonds is 3. The summed E-state index contributed by atoms with van der Waals surface area (Å²) in [6.45, 7) is 0. The van der Waals surface area contributed by atoms with Gasteiger partial charge in [-0.3, -0.25) is 4.79 Å². The van der Waals surface area contributed by atoms with Crippen LogP contribution in [0.4, 0.5) is 14.5 Å². The number of aromatic nitrogens is 1. The van der Waals surface area contributed by atoms with Crippen molar-refractivity contribution in [3.63, 3.8) is 0 Å². The molecular formula is C8H7ClF2N2O. The van der Waals surface area contributed by atoms with Crippen LogP contribution in [0.25, 0.3) is 0 Å². The molecule has 76 valence electrons. The molecular weight excluding hydrogens is 214 g/mol. The van der Waals surface area contributed by atoms with E-state index in [-0.39, 0.29) is 23.0 Å². The van der Waals surface area contributed by atoms with Crippen molar-refractivity contribution in [2.24, 2.45) is 0 Å². The zero-order valence-corrected chi connectivity index (χ0v) is 7.76. The van der Waals surface area contributed by atoms with Gasteiger partial charge in [0.25, 0.3) is 6.43 Å². The van der Waals surface area contributed by atoms with Gasteiger partial charge in [0.15, 0.2) is 6.29 Å². The number of hydrogen-bond acceptors (Lipinski definition) is 3. The summed E-state index contributed by atoms with van der Waals surface area (Å²) in [7, 11) is 0. The molecule has 0 spiro atoms. The summed E-state index contributed by atoms with van der Waals surface area (Å²) in [4.78, 5) is 14.1. The molecule has 0 saturated carbocycles. The number of alkyl halides is 3. The summed E-state index contributed by atoms with van der Waals surface area (Å²) in [5.74, 6) is -0.104. The fourth-order valence-electron chi connectivity index (χ4n) is 0.995. The monoisotopic (exact) mass is 220 g/mol. The lowest BCUT2D eigenvalue weighted by molar-refractivity contribution is 0.111. The fraction of sp³-hybridized carbons (Fsp3) is 0.250. The van der Waals surface area contributed by atoms with Gasteiger partial charge in [-0.15, -0.1) is 11.6 Å². The second kappa shape index (κ2) is 4.32. The number of halogens is 3. The third-order valence-electron chi connectivity index (χ3n) is 1.67. The Morgan fingerprint density at radius 2 is 2.29 bits per heavy atom. The molecule has 1 heterocycles. The molecule has 0 amide bonds. The van der Waals surface area contributed by atoms with Crippen LogP contribution in [0.3, 0.4) is 0 Å².